The Morgan fingerprint density at radius 1 is 1.15 bits per heavy atom. The molecule has 20 heavy (non-hydrogen) atoms. The summed E-state index contributed by atoms with van der Waals surface area (Å²) < 4.78 is 27.9. The summed E-state index contributed by atoms with van der Waals surface area (Å²) in [6.07, 6.45) is 2.15. The Labute approximate surface area is 123 Å². The van der Waals surface area contributed by atoms with Gasteiger partial charge in [-0.25, -0.2) is 18.7 Å². The molecule has 1 aliphatic carbocycles. The lowest BCUT2D eigenvalue weighted by atomic mass is 10.2. The van der Waals surface area contributed by atoms with Crippen LogP contribution in [-0.4, -0.2) is 9.97 Å². The molecule has 1 N–H and O–H groups in total. The monoisotopic (exact) mass is 339 g/mol. The predicted molar refractivity (Wildman–Crippen MR) is 76.1 cm³/mol. The highest BCUT2D eigenvalue weighted by Crippen LogP contribution is 2.39. The Hall–Kier alpha value is -1.56. The highest BCUT2D eigenvalue weighted by molar-refractivity contribution is 9.10. The Morgan fingerprint density at radius 3 is 2.60 bits per heavy atom. The third-order valence-electron chi connectivity index (χ3n) is 3.17. The van der Waals surface area contributed by atoms with Crippen molar-refractivity contribution in [2.45, 2.75) is 25.7 Å². The first-order valence-corrected chi connectivity index (χ1v) is 7.09. The number of anilines is 2. The summed E-state index contributed by atoms with van der Waals surface area (Å²) in [4.78, 5) is 8.63. The molecule has 1 aromatic carbocycles. The zero-order valence-electron chi connectivity index (χ0n) is 10.8. The minimum atomic E-state index is -0.508. The first-order valence-electron chi connectivity index (χ1n) is 6.30. The highest BCUT2D eigenvalue weighted by Gasteiger charge is 2.27. The molecule has 1 saturated carbocycles. The zero-order chi connectivity index (χ0) is 14.3. The average Bonchev–Trinajstić information content (AvgIpc) is 3.19. The summed E-state index contributed by atoms with van der Waals surface area (Å²) >= 11 is 3.31. The minimum absolute atomic E-state index is 0.0699. The van der Waals surface area contributed by atoms with Crippen molar-refractivity contribution < 1.29 is 8.78 Å². The van der Waals surface area contributed by atoms with Gasteiger partial charge in [0.2, 0.25) is 0 Å². The summed E-state index contributed by atoms with van der Waals surface area (Å²) in [5, 5.41) is 2.81. The van der Waals surface area contributed by atoms with Gasteiger partial charge in [0.05, 0.1) is 5.69 Å². The molecule has 0 aliphatic heterocycles. The van der Waals surface area contributed by atoms with Crippen LogP contribution in [0.1, 0.15) is 30.1 Å². The second-order valence-electron chi connectivity index (χ2n) is 4.91. The average molecular weight is 340 g/mol. The number of nitrogens with one attached hydrogen (secondary N) is 1. The first kappa shape index (κ1) is 13.4. The standard InChI is InChI=1S/C14H12BrF2N3/c1-7-4-10(17)11(5-9(7)16)18-13-6-12(15)19-14(20-13)8-2-3-8/h4-6,8H,2-3H2,1H3,(H,18,19,20). The van der Waals surface area contributed by atoms with E-state index in [1.54, 1.807) is 6.07 Å². The third-order valence-corrected chi connectivity index (χ3v) is 3.57. The van der Waals surface area contributed by atoms with Crippen LogP contribution in [0.25, 0.3) is 0 Å². The van der Waals surface area contributed by atoms with Gasteiger partial charge in [0.1, 0.15) is 27.9 Å². The number of halogens is 3. The lowest BCUT2D eigenvalue weighted by molar-refractivity contribution is 0.595. The molecule has 0 saturated heterocycles. The van der Waals surface area contributed by atoms with Crippen LogP contribution in [0.15, 0.2) is 22.8 Å². The molecule has 1 fully saturated rings. The molecule has 0 amide bonds. The van der Waals surface area contributed by atoms with Crippen molar-refractivity contribution in [1.82, 2.24) is 9.97 Å². The lowest BCUT2D eigenvalue weighted by Gasteiger charge is -2.09. The fourth-order valence-corrected chi connectivity index (χ4v) is 2.30. The van der Waals surface area contributed by atoms with Gasteiger partial charge in [0.25, 0.3) is 0 Å². The van der Waals surface area contributed by atoms with Gasteiger partial charge in [-0.1, -0.05) is 0 Å². The molecule has 1 aromatic heterocycles. The van der Waals surface area contributed by atoms with Gasteiger partial charge in [0.15, 0.2) is 0 Å². The number of rotatable bonds is 3. The van der Waals surface area contributed by atoms with E-state index in [1.165, 1.54) is 6.92 Å². The van der Waals surface area contributed by atoms with Crippen LogP contribution in [0.4, 0.5) is 20.3 Å². The maximum Gasteiger partial charge on any atom is 0.147 e. The lowest BCUT2D eigenvalue weighted by Crippen LogP contribution is -2.02. The largest absolute Gasteiger partial charge is 0.338 e. The summed E-state index contributed by atoms with van der Waals surface area (Å²) in [5.74, 6) is 0.606. The molecule has 1 heterocycles. The third kappa shape index (κ3) is 2.80. The number of benzene rings is 1. The van der Waals surface area contributed by atoms with Crippen molar-refractivity contribution in [3.63, 3.8) is 0 Å². The molecule has 0 unspecified atom stereocenters. The summed E-state index contributed by atoms with van der Waals surface area (Å²) in [7, 11) is 0. The summed E-state index contributed by atoms with van der Waals surface area (Å²) in [6, 6.07) is 3.94. The second kappa shape index (κ2) is 5.09. The van der Waals surface area contributed by atoms with Crippen molar-refractivity contribution in [2.24, 2.45) is 0 Å². The smallest absolute Gasteiger partial charge is 0.147 e. The van der Waals surface area contributed by atoms with Crippen LogP contribution < -0.4 is 5.32 Å². The number of hydrogen-bond donors (Lipinski definition) is 1. The molecule has 1 aliphatic rings. The van der Waals surface area contributed by atoms with E-state index in [2.05, 4.69) is 31.2 Å². The highest BCUT2D eigenvalue weighted by atomic mass is 79.9. The molecule has 3 rings (SSSR count). The number of nitrogens with zero attached hydrogens (tertiary/aromatic N) is 2. The van der Waals surface area contributed by atoms with Crippen LogP contribution >= 0.6 is 15.9 Å². The van der Waals surface area contributed by atoms with Gasteiger partial charge in [-0.2, -0.15) is 0 Å². The molecule has 2 aromatic rings. The first-order chi connectivity index (χ1) is 9.52. The van der Waals surface area contributed by atoms with Crippen LogP contribution in [0.5, 0.6) is 0 Å². The van der Waals surface area contributed by atoms with E-state index >= 15 is 0 Å². The molecular weight excluding hydrogens is 328 g/mol. The van der Waals surface area contributed by atoms with E-state index in [-0.39, 0.29) is 11.3 Å². The van der Waals surface area contributed by atoms with Gasteiger partial charge >= 0.3 is 0 Å². The van der Waals surface area contributed by atoms with Gasteiger partial charge < -0.3 is 5.32 Å². The topological polar surface area (TPSA) is 37.8 Å². The maximum absolute atomic E-state index is 13.8. The van der Waals surface area contributed by atoms with Crippen molar-refractivity contribution in [2.75, 3.05) is 5.32 Å². The van der Waals surface area contributed by atoms with E-state index in [1.807, 2.05) is 0 Å². The number of aromatic nitrogens is 2. The van der Waals surface area contributed by atoms with E-state index in [4.69, 9.17) is 0 Å². The number of hydrogen-bond acceptors (Lipinski definition) is 3. The van der Waals surface area contributed by atoms with Gasteiger partial charge in [-0.3, -0.25) is 0 Å². The van der Waals surface area contributed by atoms with Crippen molar-refractivity contribution >= 4 is 27.4 Å². The van der Waals surface area contributed by atoms with E-state index < -0.39 is 11.6 Å². The van der Waals surface area contributed by atoms with E-state index in [0.29, 0.717) is 16.3 Å². The van der Waals surface area contributed by atoms with Crippen molar-refractivity contribution in [3.05, 3.63) is 45.8 Å². The Kier molecular flexibility index (Phi) is 3.41. The van der Waals surface area contributed by atoms with Crippen LogP contribution in [0, 0.1) is 18.6 Å². The fourth-order valence-electron chi connectivity index (χ4n) is 1.90. The second-order valence-corrected chi connectivity index (χ2v) is 5.73. The van der Waals surface area contributed by atoms with Gasteiger partial charge in [-0.05, 0) is 47.3 Å². The zero-order valence-corrected chi connectivity index (χ0v) is 12.3. The Bertz CT molecular complexity index is 672. The van der Waals surface area contributed by atoms with Gasteiger partial charge in [-0.15, -0.1) is 0 Å². The maximum atomic E-state index is 13.8. The predicted octanol–water partition coefficient (Wildman–Crippen LogP) is 4.45. The summed E-state index contributed by atoms with van der Waals surface area (Å²) in [6.45, 7) is 1.52. The normalized spacial score (nSPS) is 14.4. The molecule has 0 radical (unpaired) electrons. The van der Waals surface area contributed by atoms with Crippen molar-refractivity contribution in [1.29, 1.82) is 0 Å². The Morgan fingerprint density at radius 2 is 1.90 bits per heavy atom. The minimum Gasteiger partial charge on any atom is -0.338 e. The molecule has 3 nitrogen and oxygen atoms in total. The molecule has 6 heteroatoms. The SMILES string of the molecule is Cc1cc(F)c(Nc2cc(Br)nc(C3CC3)n2)cc1F. The molecule has 104 valence electrons. The van der Waals surface area contributed by atoms with Gasteiger partial charge in [0, 0.05) is 18.1 Å². The number of aryl methyl sites for hydroxylation is 1. The fraction of sp³-hybridized carbons (Fsp3) is 0.286. The quantitative estimate of drug-likeness (QED) is 0.839. The molecule has 0 bridgehead atoms. The van der Waals surface area contributed by atoms with Crippen LogP contribution in [-0.2, 0) is 0 Å². The van der Waals surface area contributed by atoms with Crippen LogP contribution in [0.2, 0.25) is 0 Å². The Balaban J connectivity index is 1.92. The summed E-state index contributed by atoms with van der Waals surface area (Å²) in [5.41, 5.74) is 0.344. The van der Waals surface area contributed by atoms with Crippen molar-refractivity contribution in [3.8, 4) is 0 Å². The van der Waals surface area contributed by atoms with Crippen LogP contribution in [0.3, 0.4) is 0 Å². The molecule has 0 atom stereocenters. The van der Waals surface area contributed by atoms with E-state index in [0.717, 1.165) is 30.8 Å². The molecular formula is C14H12BrF2N3. The van der Waals surface area contributed by atoms with E-state index in [9.17, 15) is 8.78 Å². The molecule has 0 spiro atoms.